The van der Waals surface area contributed by atoms with Crippen LogP contribution in [0.4, 0.5) is 22.7 Å². The third-order valence-electron chi connectivity index (χ3n) is 3.98. The van der Waals surface area contributed by atoms with Gasteiger partial charge in [0, 0.05) is 44.4 Å². The smallest absolute Gasteiger partial charge is 0.253 e. The molecule has 2 aromatic rings. The van der Waals surface area contributed by atoms with Crippen molar-refractivity contribution in [2.75, 3.05) is 35.7 Å². The second kappa shape index (κ2) is 5.63. The van der Waals surface area contributed by atoms with Gasteiger partial charge < -0.3 is 15.5 Å². The van der Waals surface area contributed by atoms with Crippen LogP contribution in [0.15, 0.2) is 33.9 Å². The zero-order chi connectivity index (χ0) is 15.7. The van der Waals surface area contributed by atoms with E-state index in [0.717, 1.165) is 24.5 Å². The van der Waals surface area contributed by atoms with Gasteiger partial charge in [-0.15, -0.1) is 0 Å². The fourth-order valence-electron chi connectivity index (χ4n) is 2.66. The first kappa shape index (κ1) is 14.3. The number of carbonyl (C=O) groups excluding carboxylic acids is 1. The van der Waals surface area contributed by atoms with Crippen molar-refractivity contribution < 1.29 is 4.79 Å². The Kier molecular flexibility index (Phi) is 3.66. The lowest BCUT2D eigenvalue weighted by molar-refractivity contribution is -0.119. The summed E-state index contributed by atoms with van der Waals surface area (Å²) in [5, 5.41) is 5.70. The lowest BCUT2D eigenvalue weighted by atomic mass is 10.1. The van der Waals surface area contributed by atoms with Crippen molar-refractivity contribution in [3.05, 3.63) is 44.7 Å². The SMILES string of the molecule is CNc1c(Nc2ccc(N3CCC(=O)CC3)cc2)c(=O)c1=O. The maximum absolute atomic E-state index is 11.5. The third-order valence-corrected chi connectivity index (χ3v) is 3.98. The molecule has 0 atom stereocenters. The quantitative estimate of drug-likeness (QED) is 0.827. The monoisotopic (exact) mass is 299 g/mol. The van der Waals surface area contributed by atoms with E-state index >= 15 is 0 Å². The van der Waals surface area contributed by atoms with Crippen LogP contribution >= 0.6 is 0 Å². The van der Waals surface area contributed by atoms with Gasteiger partial charge in [0.25, 0.3) is 10.9 Å². The van der Waals surface area contributed by atoms with Crippen LogP contribution in [0.5, 0.6) is 0 Å². The summed E-state index contributed by atoms with van der Waals surface area (Å²) < 4.78 is 0. The lowest BCUT2D eigenvalue weighted by Crippen LogP contribution is -2.36. The van der Waals surface area contributed by atoms with E-state index in [4.69, 9.17) is 0 Å². The number of nitrogens with one attached hydrogen (secondary N) is 2. The van der Waals surface area contributed by atoms with E-state index in [0.29, 0.717) is 30.0 Å². The highest BCUT2D eigenvalue weighted by Crippen LogP contribution is 2.24. The minimum absolute atomic E-state index is 0.309. The van der Waals surface area contributed by atoms with Gasteiger partial charge >= 0.3 is 0 Å². The molecule has 3 rings (SSSR count). The van der Waals surface area contributed by atoms with Crippen LogP contribution < -0.4 is 26.4 Å². The molecule has 0 radical (unpaired) electrons. The van der Waals surface area contributed by atoms with Gasteiger partial charge in [-0.1, -0.05) is 0 Å². The molecule has 2 aromatic carbocycles. The fraction of sp³-hybridized carbons (Fsp3) is 0.312. The van der Waals surface area contributed by atoms with Crippen LogP contribution in [0, 0.1) is 0 Å². The molecule has 1 aliphatic heterocycles. The maximum Gasteiger partial charge on any atom is 0.253 e. The molecule has 114 valence electrons. The molecule has 1 fully saturated rings. The number of nitrogens with zero attached hydrogens (tertiary/aromatic N) is 1. The Morgan fingerprint density at radius 3 is 2.09 bits per heavy atom. The van der Waals surface area contributed by atoms with E-state index in [1.165, 1.54) is 0 Å². The van der Waals surface area contributed by atoms with Gasteiger partial charge in [0.1, 0.15) is 17.2 Å². The minimum Gasteiger partial charge on any atom is -0.383 e. The van der Waals surface area contributed by atoms with Crippen LogP contribution in [0.3, 0.4) is 0 Å². The number of Topliss-reactive ketones (excluding diaryl/α,β-unsaturated/α-hetero) is 1. The summed E-state index contributed by atoms with van der Waals surface area (Å²) in [4.78, 5) is 36.3. The van der Waals surface area contributed by atoms with Crippen LogP contribution in [0.1, 0.15) is 12.8 Å². The van der Waals surface area contributed by atoms with Crippen LogP contribution in [-0.2, 0) is 4.79 Å². The summed E-state index contributed by atoms with van der Waals surface area (Å²) >= 11 is 0. The predicted octanol–water partition coefficient (Wildman–Crippen LogP) is 1.24. The molecule has 22 heavy (non-hydrogen) atoms. The highest BCUT2D eigenvalue weighted by atomic mass is 16.2. The number of hydrogen-bond acceptors (Lipinski definition) is 6. The molecule has 0 bridgehead atoms. The Balaban J connectivity index is 1.72. The first-order chi connectivity index (χ1) is 10.6. The molecule has 1 aliphatic rings. The molecule has 0 aromatic heterocycles. The van der Waals surface area contributed by atoms with Crippen LogP contribution in [0.25, 0.3) is 0 Å². The second-order valence-corrected chi connectivity index (χ2v) is 5.36. The molecule has 1 saturated heterocycles. The van der Waals surface area contributed by atoms with Crippen molar-refractivity contribution in [1.29, 1.82) is 0 Å². The summed E-state index contributed by atoms with van der Waals surface area (Å²) in [6.07, 6.45) is 1.18. The highest BCUT2D eigenvalue weighted by molar-refractivity contribution is 5.81. The van der Waals surface area contributed by atoms with Gasteiger partial charge in [-0.25, -0.2) is 0 Å². The van der Waals surface area contributed by atoms with Gasteiger partial charge in [-0.2, -0.15) is 0 Å². The summed E-state index contributed by atoms with van der Waals surface area (Å²) in [5.74, 6) is 0.314. The number of ketones is 1. The molecule has 6 heteroatoms. The van der Waals surface area contributed by atoms with Crippen LogP contribution in [-0.4, -0.2) is 25.9 Å². The average molecular weight is 299 g/mol. The number of hydrogen-bond donors (Lipinski definition) is 2. The summed E-state index contributed by atoms with van der Waals surface area (Å²) in [6, 6.07) is 7.62. The Bertz CT molecular complexity index is 763. The standard InChI is InChI=1S/C16H17N3O3/c1-17-13-14(16(22)15(13)21)18-10-2-4-11(5-3-10)19-8-6-12(20)7-9-19/h2-5,17-18H,6-9H2,1H3. The largest absolute Gasteiger partial charge is 0.383 e. The molecular weight excluding hydrogens is 282 g/mol. The van der Waals surface area contributed by atoms with E-state index in [1.54, 1.807) is 7.05 Å². The van der Waals surface area contributed by atoms with Crippen molar-refractivity contribution >= 4 is 28.5 Å². The molecule has 1 heterocycles. The first-order valence-corrected chi connectivity index (χ1v) is 7.25. The van der Waals surface area contributed by atoms with Crippen LogP contribution in [0.2, 0.25) is 0 Å². The summed E-state index contributed by atoms with van der Waals surface area (Å²) in [7, 11) is 1.61. The second-order valence-electron chi connectivity index (χ2n) is 5.36. The highest BCUT2D eigenvalue weighted by Gasteiger charge is 2.20. The summed E-state index contributed by atoms with van der Waals surface area (Å²) in [6.45, 7) is 1.49. The van der Waals surface area contributed by atoms with Gasteiger partial charge in [-0.3, -0.25) is 14.4 Å². The number of benzene rings is 1. The topological polar surface area (TPSA) is 78.5 Å². The Morgan fingerprint density at radius 1 is 0.909 bits per heavy atom. The normalized spacial score (nSPS) is 15.1. The van der Waals surface area contributed by atoms with Crippen molar-refractivity contribution in [2.24, 2.45) is 0 Å². The molecule has 0 aliphatic carbocycles. The van der Waals surface area contributed by atoms with Crippen molar-refractivity contribution in [3.63, 3.8) is 0 Å². The minimum atomic E-state index is -0.497. The number of piperidine rings is 1. The van der Waals surface area contributed by atoms with Gasteiger partial charge in [-0.05, 0) is 24.3 Å². The van der Waals surface area contributed by atoms with Gasteiger partial charge in [0.2, 0.25) is 0 Å². The number of carbonyl (C=O) groups is 1. The van der Waals surface area contributed by atoms with Crippen molar-refractivity contribution in [3.8, 4) is 0 Å². The molecule has 6 nitrogen and oxygen atoms in total. The van der Waals surface area contributed by atoms with E-state index in [1.807, 2.05) is 24.3 Å². The zero-order valence-electron chi connectivity index (χ0n) is 12.3. The van der Waals surface area contributed by atoms with E-state index in [2.05, 4.69) is 15.5 Å². The van der Waals surface area contributed by atoms with Crippen molar-refractivity contribution in [1.82, 2.24) is 0 Å². The van der Waals surface area contributed by atoms with Gasteiger partial charge in [0.15, 0.2) is 0 Å². The lowest BCUT2D eigenvalue weighted by Gasteiger charge is -2.28. The molecular formula is C16H17N3O3. The first-order valence-electron chi connectivity index (χ1n) is 7.25. The average Bonchev–Trinajstić information content (AvgIpc) is 2.55. The Morgan fingerprint density at radius 2 is 1.50 bits per heavy atom. The zero-order valence-corrected chi connectivity index (χ0v) is 12.3. The molecule has 2 N–H and O–H groups in total. The maximum atomic E-state index is 11.5. The van der Waals surface area contributed by atoms with E-state index < -0.39 is 10.9 Å². The predicted molar refractivity (Wildman–Crippen MR) is 87.1 cm³/mol. The van der Waals surface area contributed by atoms with E-state index in [-0.39, 0.29) is 0 Å². The Hall–Kier alpha value is -2.63. The third kappa shape index (κ3) is 2.47. The van der Waals surface area contributed by atoms with E-state index in [9.17, 15) is 14.4 Å². The molecule has 0 amide bonds. The fourth-order valence-corrected chi connectivity index (χ4v) is 2.66. The van der Waals surface area contributed by atoms with Crippen molar-refractivity contribution in [2.45, 2.75) is 12.8 Å². The molecule has 0 saturated carbocycles. The number of anilines is 4. The van der Waals surface area contributed by atoms with Gasteiger partial charge in [0.05, 0.1) is 0 Å². The molecule has 0 spiro atoms. The summed E-state index contributed by atoms with van der Waals surface area (Å²) in [5.41, 5.74) is 1.45. The molecule has 0 unspecified atom stereocenters. The Labute approximate surface area is 127 Å². The number of rotatable bonds is 4.